The second-order valence-corrected chi connectivity index (χ2v) is 5.61. The zero-order chi connectivity index (χ0) is 19.6. The molecule has 0 fully saturated rings. The zero-order valence-corrected chi connectivity index (χ0v) is 14.5. The Morgan fingerprint density at radius 3 is 2.63 bits per heavy atom. The Kier molecular flexibility index (Phi) is 5.31. The molecule has 0 saturated carbocycles. The van der Waals surface area contributed by atoms with Crippen molar-refractivity contribution in [3.63, 3.8) is 0 Å². The average molecular weight is 398 g/mol. The third-order valence-electron chi connectivity index (χ3n) is 3.49. The number of carbonyl (C=O) groups is 1. The molecule has 2 heterocycles. The van der Waals surface area contributed by atoms with E-state index in [1.54, 1.807) is 12.1 Å². The van der Waals surface area contributed by atoms with Crippen molar-refractivity contribution in [1.29, 1.82) is 0 Å². The van der Waals surface area contributed by atoms with Crippen molar-refractivity contribution in [2.75, 3.05) is 12.4 Å². The molecule has 140 valence electrons. The number of ether oxygens (including phenoxy) is 1. The van der Waals surface area contributed by atoms with Crippen molar-refractivity contribution in [2.45, 2.75) is 6.54 Å². The predicted octanol–water partition coefficient (Wildman–Crippen LogP) is 4.21. The summed E-state index contributed by atoms with van der Waals surface area (Å²) in [6.45, 7) is 0.143. The van der Waals surface area contributed by atoms with Crippen LogP contribution in [0.15, 0.2) is 34.9 Å². The average Bonchev–Trinajstić information content (AvgIpc) is 3.17. The van der Waals surface area contributed by atoms with Gasteiger partial charge in [-0.2, -0.15) is 0 Å². The molecule has 0 aliphatic rings. The van der Waals surface area contributed by atoms with Crippen molar-refractivity contribution in [3.05, 3.63) is 64.5 Å². The fourth-order valence-electron chi connectivity index (χ4n) is 2.19. The molecule has 0 atom stereocenters. The summed E-state index contributed by atoms with van der Waals surface area (Å²) < 4.78 is 50.6. The number of carbonyl (C=O) groups excluding carboxylic acids is 1. The standard InChI is InChI=1S/C17H11ClF3N3O3/c1-26-17(25)14-13(18)16(22-7-8-3-2-4-27-8)24-15(23-14)9-5-11(20)12(21)6-10(9)19/h2-6H,7H2,1H3,(H,22,23,24). The Morgan fingerprint density at radius 1 is 1.22 bits per heavy atom. The van der Waals surface area contributed by atoms with Crippen LogP contribution < -0.4 is 5.32 Å². The SMILES string of the molecule is COC(=O)c1nc(-c2cc(F)c(F)cc2F)nc(NCc2ccco2)c1Cl. The van der Waals surface area contributed by atoms with Crippen LogP contribution in [0, 0.1) is 17.5 Å². The van der Waals surface area contributed by atoms with E-state index in [4.69, 9.17) is 16.0 Å². The Hall–Kier alpha value is -3.07. The van der Waals surface area contributed by atoms with E-state index in [1.807, 2.05) is 0 Å². The molecule has 3 aromatic rings. The van der Waals surface area contributed by atoms with Crippen LogP contribution >= 0.6 is 11.6 Å². The minimum Gasteiger partial charge on any atom is -0.467 e. The van der Waals surface area contributed by atoms with E-state index < -0.39 is 29.0 Å². The van der Waals surface area contributed by atoms with Gasteiger partial charge in [-0.3, -0.25) is 0 Å². The number of nitrogens with zero attached hydrogens (tertiary/aromatic N) is 2. The second-order valence-electron chi connectivity index (χ2n) is 5.23. The molecule has 0 amide bonds. The molecule has 2 aromatic heterocycles. The normalized spacial score (nSPS) is 10.7. The summed E-state index contributed by atoms with van der Waals surface area (Å²) >= 11 is 6.13. The lowest BCUT2D eigenvalue weighted by atomic mass is 10.1. The molecule has 1 aromatic carbocycles. The van der Waals surface area contributed by atoms with Crippen LogP contribution in [0.1, 0.15) is 16.2 Å². The summed E-state index contributed by atoms with van der Waals surface area (Å²) in [7, 11) is 1.11. The molecule has 0 unspecified atom stereocenters. The van der Waals surface area contributed by atoms with Gasteiger partial charge in [0.15, 0.2) is 23.2 Å². The molecule has 0 saturated heterocycles. The van der Waals surface area contributed by atoms with E-state index in [-0.39, 0.29) is 28.9 Å². The third kappa shape index (κ3) is 3.87. The lowest BCUT2D eigenvalue weighted by molar-refractivity contribution is 0.0594. The maximum atomic E-state index is 14.1. The quantitative estimate of drug-likeness (QED) is 0.513. The number of halogens is 4. The summed E-state index contributed by atoms with van der Waals surface area (Å²) in [6, 6.07) is 4.29. The van der Waals surface area contributed by atoms with Gasteiger partial charge in [0.25, 0.3) is 0 Å². The van der Waals surface area contributed by atoms with E-state index >= 15 is 0 Å². The lowest BCUT2D eigenvalue weighted by Gasteiger charge is -2.12. The molecule has 1 N–H and O–H groups in total. The molecule has 0 aliphatic carbocycles. The van der Waals surface area contributed by atoms with Gasteiger partial charge in [0, 0.05) is 6.07 Å². The highest BCUT2D eigenvalue weighted by atomic mass is 35.5. The van der Waals surface area contributed by atoms with Gasteiger partial charge >= 0.3 is 5.97 Å². The summed E-state index contributed by atoms with van der Waals surface area (Å²) in [5.41, 5.74) is -0.813. The lowest BCUT2D eigenvalue weighted by Crippen LogP contribution is -2.12. The van der Waals surface area contributed by atoms with Gasteiger partial charge in [0.1, 0.15) is 22.4 Å². The van der Waals surface area contributed by atoms with Crippen LogP contribution in [-0.2, 0) is 11.3 Å². The van der Waals surface area contributed by atoms with E-state index in [9.17, 15) is 18.0 Å². The number of furan rings is 1. The zero-order valence-electron chi connectivity index (χ0n) is 13.7. The molecular formula is C17H11ClF3N3O3. The Morgan fingerprint density at radius 2 is 1.96 bits per heavy atom. The highest BCUT2D eigenvalue weighted by Gasteiger charge is 2.22. The van der Waals surface area contributed by atoms with Crippen molar-refractivity contribution in [3.8, 4) is 11.4 Å². The van der Waals surface area contributed by atoms with Crippen LogP contribution in [0.3, 0.4) is 0 Å². The summed E-state index contributed by atoms with van der Waals surface area (Å²) in [5, 5.41) is 2.64. The third-order valence-corrected chi connectivity index (χ3v) is 3.85. The van der Waals surface area contributed by atoms with Gasteiger partial charge in [-0.05, 0) is 18.2 Å². The molecule has 0 aliphatic heterocycles. The van der Waals surface area contributed by atoms with E-state index in [0.717, 1.165) is 7.11 Å². The van der Waals surface area contributed by atoms with Crippen molar-refractivity contribution >= 4 is 23.4 Å². The van der Waals surface area contributed by atoms with Crippen LogP contribution in [0.25, 0.3) is 11.4 Å². The first-order chi connectivity index (χ1) is 12.9. The van der Waals surface area contributed by atoms with Gasteiger partial charge in [-0.1, -0.05) is 11.6 Å². The molecule has 6 nitrogen and oxygen atoms in total. The van der Waals surface area contributed by atoms with Crippen molar-refractivity contribution in [2.24, 2.45) is 0 Å². The van der Waals surface area contributed by atoms with Gasteiger partial charge in [-0.25, -0.2) is 27.9 Å². The Balaban J connectivity index is 2.09. The van der Waals surface area contributed by atoms with E-state index in [2.05, 4.69) is 20.0 Å². The van der Waals surface area contributed by atoms with E-state index in [1.165, 1.54) is 6.26 Å². The van der Waals surface area contributed by atoms with Crippen LogP contribution in [0.4, 0.5) is 19.0 Å². The van der Waals surface area contributed by atoms with Gasteiger partial charge in [0.05, 0.1) is 25.5 Å². The van der Waals surface area contributed by atoms with Crippen molar-refractivity contribution < 1.29 is 27.1 Å². The fourth-order valence-corrected chi connectivity index (χ4v) is 2.42. The molecule has 10 heteroatoms. The second kappa shape index (κ2) is 7.67. The number of benzene rings is 1. The van der Waals surface area contributed by atoms with Gasteiger partial charge in [0.2, 0.25) is 0 Å². The Labute approximate surface area is 155 Å². The Bertz CT molecular complexity index is 997. The first-order valence-electron chi connectivity index (χ1n) is 7.47. The summed E-state index contributed by atoms with van der Waals surface area (Å²) in [4.78, 5) is 19.8. The number of rotatable bonds is 5. The molecule has 0 spiro atoms. The van der Waals surface area contributed by atoms with Crippen LogP contribution in [0.2, 0.25) is 5.02 Å². The van der Waals surface area contributed by atoms with Gasteiger partial charge in [-0.15, -0.1) is 0 Å². The number of esters is 1. The first kappa shape index (κ1) is 18.7. The number of anilines is 1. The number of hydrogen-bond donors (Lipinski definition) is 1. The largest absolute Gasteiger partial charge is 0.467 e. The van der Waals surface area contributed by atoms with Gasteiger partial charge < -0.3 is 14.5 Å². The minimum absolute atomic E-state index is 0.0393. The highest BCUT2D eigenvalue weighted by molar-refractivity contribution is 6.35. The predicted molar refractivity (Wildman–Crippen MR) is 89.7 cm³/mol. The minimum atomic E-state index is -1.37. The maximum absolute atomic E-state index is 14.1. The monoisotopic (exact) mass is 397 g/mol. The summed E-state index contributed by atoms with van der Waals surface area (Å²) in [5.74, 6) is -4.56. The molecule has 0 radical (unpaired) electrons. The van der Waals surface area contributed by atoms with E-state index in [0.29, 0.717) is 17.9 Å². The molecule has 3 rings (SSSR count). The number of methoxy groups -OCH3 is 1. The summed E-state index contributed by atoms with van der Waals surface area (Å²) in [6.07, 6.45) is 1.46. The smallest absolute Gasteiger partial charge is 0.358 e. The topological polar surface area (TPSA) is 77.2 Å². The fraction of sp³-hybridized carbons (Fsp3) is 0.118. The number of hydrogen-bond acceptors (Lipinski definition) is 6. The molecular weight excluding hydrogens is 387 g/mol. The molecule has 0 bridgehead atoms. The number of nitrogens with one attached hydrogen (secondary N) is 1. The maximum Gasteiger partial charge on any atom is 0.358 e. The van der Waals surface area contributed by atoms with Crippen molar-refractivity contribution in [1.82, 2.24) is 9.97 Å². The molecule has 27 heavy (non-hydrogen) atoms. The highest BCUT2D eigenvalue weighted by Crippen LogP contribution is 2.30. The van der Waals surface area contributed by atoms with Crippen LogP contribution in [0.5, 0.6) is 0 Å². The first-order valence-corrected chi connectivity index (χ1v) is 7.85. The van der Waals surface area contributed by atoms with Crippen LogP contribution in [-0.4, -0.2) is 23.0 Å². The number of aromatic nitrogens is 2.